The molecule has 0 spiro atoms. The van der Waals surface area contributed by atoms with Crippen LogP contribution in [0.2, 0.25) is 0 Å². The number of carbonyl (C=O) groups is 1. The van der Waals surface area contributed by atoms with Crippen LogP contribution in [0.25, 0.3) is 0 Å². The molecular weight excluding hydrogens is 333 g/mol. The fourth-order valence-corrected chi connectivity index (χ4v) is 2.16. The van der Waals surface area contributed by atoms with Crippen LogP contribution in [0, 0.1) is 0 Å². The molecule has 1 saturated heterocycles. The lowest BCUT2D eigenvalue weighted by Crippen LogP contribution is -2.31. The molecule has 0 radical (unpaired) electrons. The third-order valence-electron chi connectivity index (χ3n) is 2.53. The Labute approximate surface area is 114 Å². The molecule has 5 heteroatoms. The standard InChI is InChI=1S/C12H14INO3/c13-14(17-11-8-4-5-9-16-11)12(15)10-6-2-1-3-7-10/h1-3,6-7,11H,4-5,8-9H2. The van der Waals surface area contributed by atoms with Crippen LogP contribution in [0.5, 0.6) is 0 Å². The summed E-state index contributed by atoms with van der Waals surface area (Å²) in [5, 5.41) is 0. The van der Waals surface area contributed by atoms with Crippen LogP contribution in [0.1, 0.15) is 29.6 Å². The molecule has 92 valence electrons. The van der Waals surface area contributed by atoms with Gasteiger partial charge in [0.15, 0.2) is 6.29 Å². The highest BCUT2D eigenvalue weighted by Gasteiger charge is 2.21. The summed E-state index contributed by atoms with van der Waals surface area (Å²) in [4.78, 5) is 17.4. The van der Waals surface area contributed by atoms with E-state index in [2.05, 4.69) is 0 Å². The van der Waals surface area contributed by atoms with Gasteiger partial charge in [-0.05, 0) is 25.0 Å². The van der Waals surface area contributed by atoms with E-state index in [0.717, 1.165) is 19.3 Å². The first kappa shape index (κ1) is 12.8. The smallest absolute Gasteiger partial charge is 0.286 e. The van der Waals surface area contributed by atoms with E-state index in [-0.39, 0.29) is 12.2 Å². The Morgan fingerprint density at radius 2 is 2.12 bits per heavy atom. The van der Waals surface area contributed by atoms with Crippen molar-refractivity contribution >= 4 is 28.8 Å². The summed E-state index contributed by atoms with van der Waals surface area (Å²) in [5.74, 6) is -0.166. The largest absolute Gasteiger partial charge is 0.350 e. The molecule has 2 rings (SSSR count). The van der Waals surface area contributed by atoms with Gasteiger partial charge in [0.2, 0.25) is 0 Å². The summed E-state index contributed by atoms with van der Waals surface area (Å²) in [6.07, 6.45) is 2.68. The second-order valence-corrected chi connectivity index (χ2v) is 4.69. The molecule has 0 aliphatic carbocycles. The molecule has 1 aromatic rings. The number of hydroxylamine groups is 1. The van der Waals surface area contributed by atoms with Crippen molar-refractivity contribution in [1.29, 1.82) is 0 Å². The number of carbonyl (C=O) groups excluding carboxylic acids is 1. The minimum atomic E-state index is -0.298. The van der Waals surface area contributed by atoms with Crippen molar-refractivity contribution in [3.05, 3.63) is 35.9 Å². The first-order chi connectivity index (χ1) is 8.27. The number of amides is 1. The van der Waals surface area contributed by atoms with Crippen LogP contribution in [0.15, 0.2) is 30.3 Å². The molecule has 17 heavy (non-hydrogen) atoms. The van der Waals surface area contributed by atoms with E-state index in [9.17, 15) is 4.79 Å². The van der Waals surface area contributed by atoms with E-state index in [1.165, 1.54) is 3.28 Å². The molecule has 0 saturated carbocycles. The van der Waals surface area contributed by atoms with Crippen molar-refractivity contribution < 1.29 is 14.4 Å². The van der Waals surface area contributed by atoms with Crippen LogP contribution in [0.3, 0.4) is 0 Å². The second kappa shape index (κ2) is 6.32. The van der Waals surface area contributed by atoms with Gasteiger partial charge in [-0.15, -0.1) is 0 Å². The molecule has 0 N–H and O–H groups in total. The maximum atomic E-state index is 12.0. The van der Waals surface area contributed by atoms with Crippen molar-refractivity contribution in [2.75, 3.05) is 6.61 Å². The number of hydrogen-bond donors (Lipinski definition) is 0. The quantitative estimate of drug-likeness (QED) is 0.480. The summed E-state index contributed by atoms with van der Waals surface area (Å²) in [7, 11) is 0. The van der Waals surface area contributed by atoms with Gasteiger partial charge < -0.3 is 4.74 Å². The summed E-state index contributed by atoms with van der Waals surface area (Å²) >= 11 is 1.85. The third-order valence-corrected chi connectivity index (χ3v) is 3.19. The lowest BCUT2D eigenvalue weighted by molar-refractivity contribution is -0.223. The number of ether oxygens (including phenoxy) is 1. The first-order valence-corrected chi connectivity index (χ1v) is 6.57. The summed E-state index contributed by atoms with van der Waals surface area (Å²) in [6, 6.07) is 9.06. The predicted molar refractivity (Wildman–Crippen MR) is 71.3 cm³/mol. The maximum absolute atomic E-state index is 12.0. The highest BCUT2D eigenvalue weighted by molar-refractivity contribution is 14.1. The molecule has 0 bridgehead atoms. The SMILES string of the molecule is O=C(c1ccccc1)N(I)OC1CCCCO1. The van der Waals surface area contributed by atoms with Gasteiger partial charge in [-0.1, -0.05) is 18.2 Å². The van der Waals surface area contributed by atoms with Gasteiger partial charge in [-0.2, -0.15) is 3.28 Å². The van der Waals surface area contributed by atoms with Crippen LogP contribution < -0.4 is 0 Å². The van der Waals surface area contributed by atoms with Crippen molar-refractivity contribution in [1.82, 2.24) is 3.28 Å². The van der Waals surface area contributed by atoms with E-state index in [4.69, 9.17) is 9.57 Å². The van der Waals surface area contributed by atoms with Gasteiger partial charge in [-0.25, -0.2) is 4.84 Å². The number of rotatable bonds is 3. The van der Waals surface area contributed by atoms with Gasteiger partial charge in [-0.3, -0.25) is 4.79 Å². The Morgan fingerprint density at radius 3 is 2.76 bits per heavy atom. The normalized spacial score (nSPS) is 19.9. The Balaban J connectivity index is 1.91. The topological polar surface area (TPSA) is 38.8 Å². The van der Waals surface area contributed by atoms with E-state index in [1.807, 2.05) is 41.1 Å². The average Bonchev–Trinajstić information content (AvgIpc) is 2.40. The summed E-state index contributed by atoms with van der Waals surface area (Å²) in [6.45, 7) is 0.703. The Bertz CT molecular complexity index is 365. The van der Waals surface area contributed by atoms with Crippen molar-refractivity contribution in [2.45, 2.75) is 25.6 Å². The molecular formula is C12H14INO3. The molecule has 4 nitrogen and oxygen atoms in total. The van der Waals surface area contributed by atoms with Crippen LogP contribution >= 0.6 is 22.9 Å². The highest BCUT2D eigenvalue weighted by atomic mass is 127. The minimum Gasteiger partial charge on any atom is -0.350 e. The second-order valence-electron chi connectivity index (χ2n) is 3.82. The Kier molecular flexibility index (Phi) is 4.75. The summed E-state index contributed by atoms with van der Waals surface area (Å²) in [5.41, 5.74) is 0.609. The van der Waals surface area contributed by atoms with Gasteiger partial charge in [0.25, 0.3) is 5.91 Å². The fourth-order valence-electron chi connectivity index (χ4n) is 1.63. The zero-order valence-corrected chi connectivity index (χ0v) is 11.5. The number of hydrogen-bond acceptors (Lipinski definition) is 3. The van der Waals surface area contributed by atoms with Gasteiger partial charge in [0.05, 0.1) is 22.9 Å². The number of benzene rings is 1. The van der Waals surface area contributed by atoms with Crippen molar-refractivity contribution in [2.24, 2.45) is 0 Å². The number of halogens is 1. The van der Waals surface area contributed by atoms with Gasteiger partial charge >= 0.3 is 0 Å². The van der Waals surface area contributed by atoms with Gasteiger partial charge in [0, 0.05) is 18.6 Å². The lowest BCUT2D eigenvalue weighted by atomic mass is 10.2. The molecule has 1 aliphatic rings. The zero-order valence-electron chi connectivity index (χ0n) is 9.34. The zero-order chi connectivity index (χ0) is 12.1. The molecule has 1 aliphatic heterocycles. The minimum absolute atomic E-state index is 0.166. The van der Waals surface area contributed by atoms with Crippen LogP contribution in [-0.2, 0) is 9.57 Å². The number of nitrogens with zero attached hydrogens (tertiary/aromatic N) is 1. The average molecular weight is 347 g/mol. The highest BCUT2D eigenvalue weighted by Crippen LogP contribution is 2.18. The summed E-state index contributed by atoms with van der Waals surface area (Å²) < 4.78 is 6.64. The van der Waals surface area contributed by atoms with E-state index < -0.39 is 0 Å². The monoisotopic (exact) mass is 347 g/mol. The van der Waals surface area contributed by atoms with Crippen LogP contribution in [-0.4, -0.2) is 22.1 Å². The van der Waals surface area contributed by atoms with Crippen LogP contribution in [0.4, 0.5) is 0 Å². The molecule has 0 aromatic heterocycles. The molecule has 1 heterocycles. The first-order valence-electron chi connectivity index (χ1n) is 5.61. The third kappa shape index (κ3) is 3.65. The molecule has 1 unspecified atom stereocenters. The molecule has 1 fully saturated rings. The predicted octanol–water partition coefficient (Wildman–Crippen LogP) is 2.94. The Morgan fingerprint density at radius 1 is 1.35 bits per heavy atom. The maximum Gasteiger partial charge on any atom is 0.286 e. The molecule has 1 aromatic carbocycles. The van der Waals surface area contributed by atoms with E-state index in [1.54, 1.807) is 12.1 Å². The van der Waals surface area contributed by atoms with E-state index in [0.29, 0.717) is 12.2 Å². The molecule has 1 amide bonds. The van der Waals surface area contributed by atoms with E-state index >= 15 is 0 Å². The lowest BCUT2D eigenvalue weighted by Gasteiger charge is -2.25. The van der Waals surface area contributed by atoms with Crippen molar-refractivity contribution in [3.63, 3.8) is 0 Å². The Hall–Kier alpha value is -0.660. The van der Waals surface area contributed by atoms with Crippen molar-refractivity contribution in [3.8, 4) is 0 Å². The molecule has 1 atom stereocenters. The van der Waals surface area contributed by atoms with Gasteiger partial charge in [0.1, 0.15) is 0 Å². The fraction of sp³-hybridized carbons (Fsp3) is 0.417.